The van der Waals surface area contributed by atoms with E-state index < -0.39 is 5.97 Å². The summed E-state index contributed by atoms with van der Waals surface area (Å²) < 4.78 is 0. The zero-order valence-electron chi connectivity index (χ0n) is 13.0. The van der Waals surface area contributed by atoms with Gasteiger partial charge < -0.3 is 15.5 Å². The van der Waals surface area contributed by atoms with Gasteiger partial charge in [-0.25, -0.2) is 4.79 Å². The van der Waals surface area contributed by atoms with Gasteiger partial charge in [-0.2, -0.15) is 0 Å². The Bertz CT molecular complexity index is 755. The first-order valence-electron chi connectivity index (χ1n) is 7.70. The lowest BCUT2D eigenvalue weighted by molar-refractivity contribution is 0.0696. The molecule has 124 valence electrons. The maximum absolute atomic E-state index is 12.3. The Balaban J connectivity index is 1.66. The minimum atomic E-state index is -1.12. The average molecular weight is 326 g/mol. The molecule has 24 heavy (non-hydrogen) atoms. The van der Waals surface area contributed by atoms with Crippen LogP contribution in [0.2, 0.25) is 0 Å². The minimum absolute atomic E-state index is 0.0229. The van der Waals surface area contributed by atoms with Crippen molar-refractivity contribution in [2.45, 2.75) is 24.3 Å². The SMILES string of the molecule is O=C(O)c1cncc(C(=O)NC2CC(CO)(c3ccccc3)C2)c1. The second-order valence-corrected chi connectivity index (χ2v) is 6.15. The molecule has 0 bridgehead atoms. The van der Waals surface area contributed by atoms with Gasteiger partial charge in [0.05, 0.1) is 17.7 Å². The Hall–Kier alpha value is -2.73. The van der Waals surface area contributed by atoms with Gasteiger partial charge in [-0.05, 0) is 24.5 Å². The van der Waals surface area contributed by atoms with Crippen LogP contribution in [0.25, 0.3) is 0 Å². The first-order chi connectivity index (χ1) is 11.5. The zero-order chi connectivity index (χ0) is 17.2. The van der Waals surface area contributed by atoms with Gasteiger partial charge in [0.25, 0.3) is 5.91 Å². The predicted octanol–water partition coefficient (Wildman–Crippen LogP) is 1.60. The van der Waals surface area contributed by atoms with Crippen molar-refractivity contribution in [1.29, 1.82) is 0 Å². The van der Waals surface area contributed by atoms with Crippen LogP contribution < -0.4 is 5.32 Å². The molecule has 3 N–H and O–H groups in total. The van der Waals surface area contributed by atoms with E-state index in [1.54, 1.807) is 0 Å². The van der Waals surface area contributed by atoms with Crippen molar-refractivity contribution >= 4 is 11.9 Å². The van der Waals surface area contributed by atoms with Crippen LogP contribution in [0.5, 0.6) is 0 Å². The summed E-state index contributed by atoms with van der Waals surface area (Å²) in [6.07, 6.45) is 3.84. The summed E-state index contributed by atoms with van der Waals surface area (Å²) in [7, 11) is 0. The number of nitrogens with one attached hydrogen (secondary N) is 1. The second-order valence-electron chi connectivity index (χ2n) is 6.15. The fraction of sp³-hybridized carbons (Fsp3) is 0.278. The third kappa shape index (κ3) is 3.00. The number of benzene rings is 1. The van der Waals surface area contributed by atoms with Gasteiger partial charge in [0, 0.05) is 23.9 Å². The van der Waals surface area contributed by atoms with Crippen molar-refractivity contribution in [1.82, 2.24) is 10.3 Å². The Morgan fingerprint density at radius 3 is 2.46 bits per heavy atom. The highest BCUT2D eigenvalue weighted by molar-refractivity contribution is 5.97. The molecule has 0 aliphatic heterocycles. The van der Waals surface area contributed by atoms with E-state index in [1.807, 2.05) is 30.3 Å². The van der Waals surface area contributed by atoms with Crippen molar-refractivity contribution in [2.75, 3.05) is 6.61 Å². The number of carbonyl (C=O) groups excluding carboxylic acids is 1. The lowest BCUT2D eigenvalue weighted by atomic mass is 9.62. The number of aliphatic hydroxyl groups is 1. The summed E-state index contributed by atoms with van der Waals surface area (Å²) in [5.74, 6) is -1.47. The Labute approximate surface area is 139 Å². The van der Waals surface area contributed by atoms with Crippen molar-refractivity contribution in [3.8, 4) is 0 Å². The van der Waals surface area contributed by atoms with Crippen molar-refractivity contribution in [3.63, 3.8) is 0 Å². The molecule has 1 heterocycles. The first-order valence-corrected chi connectivity index (χ1v) is 7.70. The number of carboxylic acid groups (broad SMARTS) is 1. The summed E-state index contributed by atoms with van der Waals surface area (Å²) >= 11 is 0. The summed E-state index contributed by atoms with van der Waals surface area (Å²) in [5.41, 5.74) is 0.939. The van der Waals surface area contributed by atoms with E-state index in [2.05, 4.69) is 10.3 Å². The summed E-state index contributed by atoms with van der Waals surface area (Å²) in [6, 6.07) is 11.0. The summed E-state index contributed by atoms with van der Waals surface area (Å²) in [6.45, 7) is 0.0272. The number of carbonyl (C=O) groups is 2. The zero-order valence-corrected chi connectivity index (χ0v) is 13.0. The molecular weight excluding hydrogens is 308 g/mol. The quantitative estimate of drug-likeness (QED) is 0.775. The molecule has 6 heteroatoms. The molecule has 1 fully saturated rings. The number of aromatic nitrogens is 1. The maximum atomic E-state index is 12.3. The molecule has 3 rings (SSSR count). The van der Waals surface area contributed by atoms with E-state index >= 15 is 0 Å². The highest BCUT2D eigenvalue weighted by Crippen LogP contribution is 2.43. The van der Waals surface area contributed by atoms with Crippen molar-refractivity contribution in [3.05, 3.63) is 65.5 Å². The van der Waals surface area contributed by atoms with E-state index in [0.29, 0.717) is 12.8 Å². The smallest absolute Gasteiger partial charge is 0.337 e. The highest BCUT2D eigenvalue weighted by atomic mass is 16.4. The van der Waals surface area contributed by atoms with Gasteiger partial charge >= 0.3 is 5.97 Å². The molecule has 1 aromatic heterocycles. The summed E-state index contributed by atoms with van der Waals surface area (Å²) in [4.78, 5) is 27.0. The van der Waals surface area contributed by atoms with Crippen LogP contribution >= 0.6 is 0 Å². The van der Waals surface area contributed by atoms with Crippen LogP contribution in [0.15, 0.2) is 48.8 Å². The van der Waals surface area contributed by atoms with E-state index in [1.165, 1.54) is 18.5 Å². The molecule has 1 aromatic carbocycles. The number of pyridine rings is 1. The van der Waals surface area contributed by atoms with Gasteiger partial charge in [0.15, 0.2) is 0 Å². The van der Waals surface area contributed by atoms with E-state index in [9.17, 15) is 14.7 Å². The molecule has 0 spiro atoms. The number of amides is 1. The number of hydrogen-bond acceptors (Lipinski definition) is 4. The third-order valence-corrected chi connectivity index (χ3v) is 4.55. The van der Waals surface area contributed by atoms with Gasteiger partial charge in [0.2, 0.25) is 0 Å². The van der Waals surface area contributed by atoms with Gasteiger partial charge in [-0.15, -0.1) is 0 Å². The topological polar surface area (TPSA) is 99.5 Å². The van der Waals surface area contributed by atoms with Gasteiger partial charge in [-0.3, -0.25) is 9.78 Å². The van der Waals surface area contributed by atoms with E-state index in [-0.39, 0.29) is 35.1 Å². The third-order valence-electron chi connectivity index (χ3n) is 4.55. The molecule has 6 nitrogen and oxygen atoms in total. The normalized spacial score (nSPS) is 22.5. The van der Waals surface area contributed by atoms with Crippen molar-refractivity contribution < 1.29 is 19.8 Å². The second kappa shape index (κ2) is 6.41. The number of aliphatic hydroxyl groups excluding tert-OH is 1. The monoisotopic (exact) mass is 326 g/mol. The molecule has 2 aromatic rings. The van der Waals surface area contributed by atoms with E-state index in [0.717, 1.165) is 5.56 Å². The molecule has 0 radical (unpaired) electrons. The fourth-order valence-electron chi connectivity index (χ4n) is 3.18. The number of aromatic carboxylic acids is 1. The Morgan fingerprint density at radius 2 is 1.83 bits per heavy atom. The van der Waals surface area contributed by atoms with Gasteiger partial charge in [0.1, 0.15) is 0 Å². The lowest BCUT2D eigenvalue weighted by Gasteiger charge is -2.47. The number of carboxylic acids is 1. The largest absolute Gasteiger partial charge is 0.478 e. The van der Waals surface area contributed by atoms with Crippen LogP contribution in [-0.4, -0.2) is 39.7 Å². The fourth-order valence-corrected chi connectivity index (χ4v) is 3.18. The average Bonchev–Trinajstić information content (AvgIpc) is 2.58. The van der Waals surface area contributed by atoms with Crippen LogP contribution in [0.3, 0.4) is 0 Å². The van der Waals surface area contributed by atoms with Crippen LogP contribution in [0.1, 0.15) is 39.1 Å². The van der Waals surface area contributed by atoms with Crippen molar-refractivity contribution in [2.24, 2.45) is 0 Å². The lowest BCUT2D eigenvalue weighted by Crippen LogP contribution is -2.55. The molecule has 0 saturated heterocycles. The number of nitrogens with zero attached hydrogens (tertiary/aromatic N) is 1. The highest BCUT2D eigenvalue weighted by Gasteiger charge is 2.45. The van der Waals surface area contributed by atoms with Gasteiger partial charge in [-0.1, -0.05) is 30.3 Å². The predicted molar refractivity (Wildman–Crippen MR) is 86.9 cm³/mol. The Morgan fingerprint density at radius 1 is 1.17 bits per heavy atom. The number of rotatable bonds is 5. The molecule has 1 saturated carbocycles. The molecule has 1 aliphatic carbocycles. The molecule has 0 unspecified atom stereocenters. The molecule has 0 atom stereocenters. The standard InChI is InChI=1S/C18H18N2O4/c21-11-18(14-4-2-1-3-5-14)7-15(8-18)20-16(22)12-6-13(17(23)24)10-19-9-12/h1-6,9-10,15,21H,7-8,11H2,(H,20,22)(H,23,24). The van der Waals surface area contributed by atoms with Crippen LogP contribution in [0, 0.1) is 0 Å². The van der Waals surface area contributed by atoms with E-state index in [4.69, 9.17) is 5.11 Å². The minimum Gasteiger partial charge on any atom is -0.478 e. The van der Waals surface area contributed by atoms with Crippen LogP contribution in [0.4, 0.5) is 0 Å². The Kier molecular flexibility index (Phi) is 4.31. The molecule has 1 aliphatic rings. The summed E-state index contributed by atoms with van der Waals surface area (Å²) in [5, 5.41) is 21.6. The first kappa shape index (κ1) is 16.1. The maximum Gasteiger partial charge on any atom is 0.337 e. The molecular formula is C18H18N2O4. The van der Waals surface area contributed by atoms with Crippen LogP contribution in [-0.2, 0) is 5.41 Å². The number of hydrogen-bond donors (Lipinski definition) is 3. The molecule has 1 amide bonds.